The molecule has 0 bridgehead atoms. The van der Waals surface area contributed by atoms with E-state index in [2.05, 4.69) is 89.8 Å². The van der Waals surface area contributed by atoms with Crippen molar-refractivity contribution in [1.82, 2.24) is 9.88 Å². The minimum atomic E-state index is 0.695. The number of piperidine rings is 1. The van der Waals surface area contributed by atoms with Crippen molar-refractivity contribution in [1.29, 1.82) is 0 Å². The normalized spacial score (nSPS) is 14.5. The van der Waals surface area contributed by atoms with E-state index in [9.17, 15) is 0 Å². The van der Waals surface area contributed by atoms with E-state index >= 15 is 0 Å². The summed E-state index contributed by atoms with van der Waals surface area (Å²) in [7, 11) is 0. The van der Waals surface area contributed by atoms with Gasteiger partial charge in [-0.05, 0) is 42.9 Å². The molecule has 5 aromatic rings. The van der Waals surface area contributed by atoms with Gasteiger partial charge in [0.05, 0.1) is 0 Å². The first-order chi connectivity index (χ1) is 19.2. The lowest BCUT2D eigenvalue weighted by Crippen LogP contribution is -2.39. The highest BCUT2D eigenvalue weighted by Gasteiger charge is 2.24. The molecule has 5 heteroatoms. The van der Waals surface area contributed by atoms with Crippen LogP contribution in [0.25, 0.3) is 21.8 Å². The lowest BCUT2D eigenvalue weighted by Gasteiger charge is -2.34. The minimum Gasteiger partial charge on any atom is -0.356 e. The van der Waals surface area contributed by atoms with Crippen molar-refractivity contribution in [2.45, 2.75) is 19.3 Å². The Balaban J connectivity index is 1.35. The largest absolute Gasteiger partial charge is 0.356 e. The van der Waals surface area contributed by atoms with Gasteiger partial charge in [-0.1, -0.05) is 126 Å². The maximum atomic E-state index is 6.17. The lowest BCUT2D eigenvalue weighted by atomic mass is 9.90. The van der Waals surface area contributed by atoms with Crippen molar-refractivity contribution in [3.05, 3.63) is 131 Å². The highest BCUT2D eigenvalue weighted by Crippen LogP contribution is 2.41. The smallest absolute Gasteiger partial charge is 0.146 e. The Bertz CT molecular complexity index is 1520. The molecule has 0 amide bonds. The summed E-state index contributed by atoms with van der Waals surface area (Å²) in [6, 6.07) is 39.7. The first kappa shape index (κ1) is 25.5. The van der Waals surface area contributed by atoms with Gasteiger partial charge in [0.2, 0.25) is 0 Å². The van der Waals surface area contributed by atoms with Crippen LogP contribution in [0.1, 0.15) is 24.0 Å². The summed E-state index contributed by atoms with van der Waals surface area (Å²) in [5.74, 6) is 1.72. The number of hydrogen-bond acceptors (Lipinski definition) is 3. The van der Waals surface area contributed by atoms with Crippen LogP contribution in [0.2, 0.25) is 5.02 Å². The van der Waals surface area contributed by atoms with Gasteiger partial charge in [0.25, 0.3) is 0 Å². The molecule has 0 saturated carbocycles. The number of benzene rings is 4. The molecule has 1 aromatic heterocycles. The molecule has 0 aliphatic carbocycles. The van der Waals surface area contributed by atoms with E-state index < -0.39 is 0 Å². The summed E-state index contributed by atoms with van der Waals surface area (Å²) in [4.78, 5) is 12.9. The number of halogens is 1. The van der Waals surface area contributed by atoms with Crippen LogP contribution in [0.5, 0.6) is 0 Å². The molecule has 1 fully saturated rings. The van der Waals surface area contributed by atoms with Crippen LogP contribution < -0.4 is 0 Å². The molecule has 3 nitrogen and oxygen atoms in total. The second-order valence-corrected chi connectivity index (χ2v) is 11.4. The number of rotatable bonds is 6. The minimum absolute atomic E-state index is 0.695. The Labute approximate surface area is 239 Å². The quantitative estimate of drug-likeness (QED) is 0.156. The Hall–Kier alpha value is -3.73. The Morgan fingerprint density at radius 3 is 2.05 bits per heavy atom. The van der Waals surface area contributed by atoms with E-state index in [1.54, 1.807) is 11.3 Å². The van der Waals surface area contributed by atoms with Crippen LogP contribution in [0.3, 0.4) is 0 Å². The number of amidine groups is 1. The summed E-state index contributed by atoms with van der Waals surface area (Å²) >= 11 is 7.80. The SMILES string of the molecule is Clc1ccc(-c2nc(-c3ccccc3)c(N=C(c3ccccc3)N3CCC(Cc4ccccc4)CC3)s2)cc1. The molecule has 194 valence electrons. The predicted molar refractivity (Wildman–Crippen MR) is 165 cm³/mol. The Kier molecular flexibility index (Phi) is 7.85. The molecular weight excluding hydrogens is 518 g/mol. The molecule has 0 radical (unpaired) electrons. The highest BCUT2D eigenvalue weighted by molar-refractivity contribution is 7.19. The van der Waals surface area contributed by atoms with Gasteiger partial charge in [-0.3, -0.25) is 0 Å². The van der Waals surface area contributed by atoms with Crippen LogP contribution in [0.4, 0.5) is 5.00 Å². The van der Waals surface area contributed by atoms with E-state index in [1.165, 1.54) is 5.56 Å². The van der Waals surface area contributed by atoms with Crippen LogP contribution in [0, 0.1) is 5.92 Å². The number of thiazole rings is 1. The third-order valence-electron chi connectivity index (χ3n) is 7.27. The molecule has 1 aliphatic heterocycles. The summed E-state index contributed by atoms with van der Waals surface area (Å²) in [5.41, 5.74) is 5.60. The lowest BCUT2D eigenvalue weighted by molar-refractivity contribution is 0.265. The molecule has 2 heterocycles. The summed E-state index contributed by atoms with van der Waals surface area (Å²) < 4.78 is 0. The fourth-order valence-corrected chi connectivity index (χ4v) is 6.28. The highest BCUT2D eigenvalue weighted by atomic mass is 35.5. The Morgan fingerprint density at radius 2 is 1.38 bits per heavy atom. The average Bonchev–Trinajstić information content (AvgIpc) is 3.42. The van der Waals surface area contributed by atoms with Gasteiger partial charge in [-0.25, -0.2) is 9.98 Å². The monoisotopic (exact) mass is 547 g/mol. The molecular formula is C34H30ClN3S. The number of aliphatic imine (C=N–C) groups is 1. The van der Waals surface area contributed by atoms with Crippen molar-refractivity contribution < 1.29 is 0 Å². The maximum absolute atomic E-state index is 6.17. The topological polar surface area (TPSA) is 28.5 Å². The number of hydrogen-bond donors (Lipinski definition) is 0. The molecule has 0 N–H and O–H groups in total. The molecule has 4 aromatic carbocycles. The number of nitrogens with zero attached hydrogens (tertiary/aromatic N) is 3. The molecule has 0 atom stereocenters. The second-order valence-electron chi connectivity index (χ2n) is 9.97. The zero-order valence-electron chi connectivity index (χ0n) is 21.7. The zero-order valence-corrected chi connectivity index (χ0v) is 23.3. The zero-order chi connectivity index (χ0) is 26.4. The van der Waals surface area contributed by atoms with E-state index in [0.717, 1.165) is 75.6 Å². The summed E-state index contributed by atoms with van der Waals surface area (Å²) in [5, 5.41) is 2.59. The van der Waals surface area contributed by atoms with Gasteiger partial charge in [-0.2, -0.15) is 0 Å². The summed E-state index contributed by atoms with van der Waals surface area (Å²) in [6.45, 7) is 1.99. The molecule has 39 heavy (non-hydrogen) atoms. The average molecular weight is 548 g/mol. The van der Waals surface area contributed by atoms with Crippen LogP contribution >= 0.6 is 22.9 Å². The first-order valence-electron chi connectivity index (χ1n) is 13.5. The molecule has 6 rings (SSSR count). The fraction of sp³-hybridized carbons (Fsp3) is 0.176. The molecule has 1 saturated heterocycles. The van der Waals surface area contributed by atoms with Crippen molar-refractivity contribution in [3.8, 4) is 21.8 Å². The van der Waals surface area contributed by atoms with Crippen molar-refractivity contribution >= 4 is 33.8 Å². The van der Waals surface area contributed by atoms with Crippen molar-refractivity contribution in [3.63, 3.8) is 0 Å². The third kappa shape index (κ3) is 6.13. The van der Waals surface area contributed by atoms with Gasteiger partial charge in [-0.15, -0.1) is 0 Å². The van der Waals surface area contributed by atoms with Gasteiger partial charge < -0.3 is 4.90 Å². The van der Waals surface area contributed by atoms with Crippen molar-refractivity contribution in [2.75, 3.05) is 13.1 Å². The predicted octanol–water partition coefficient (Wildman–Crippen LogP) is 9.16. The van der Waals surface area contributed by atoms with E-state index in [-0.39, 0.29) is 0 Å². The number of aromatic nitrogens is 1. The van der Waals surface area contributed by atoms with Crippen LogP contribution in [-0.2, 0) is 6.42 Å². The van der Waals surface area contributed by atoms with Gasteiger partial charge in [0.1, 0.15) is 21.5 Å². The first-order valence-corrected chi connectivity index (χ1v) is 14.7. The standard InChI is InChI=1S/C34H30ClN3S/c35-30-18-16-29(17-19-30)33-36-31(27-12-6-2-7-13-27)34(39-33)37-32(28-14-8-3-9-15-28)38-22-20-26(21-23-38)24-25-10-4-1-5-11-25/h1-19,26H,20-24H2. The van der Waals surface area contributed by atoms with Crippen LogP contribution in [0.15, 0.2) is 120 Å². The second kappa shape index (κ2) is 12.0. The van der Waals surface area contributed by atoms with E-state index in [1.807, 2.05) is 30.3 Å². The van der Waals surface area contributed by atoms with E-state index in [0.29, 0.717) is 5.92 Å². The Morgan fingerprint density at radius 1 is 0.769 bits per heavy atom. The van der Waals surface area contributed by atoms with Gasteiger partial charge in [0, 0.05) is 34.8 Å². The van der Waals surface area contributed by atoms with E-state index in [4.69, 9.17) is 21.6 Å². The summed E-state index contributed by atoms with van der Waals surface area (Å²) in [6.07, 6.45) is 3.46. The van der Waals surface area contributed by atoms with Crippen molar-refractivity contribution in [2.24, 2.45) is 10.9 Å². The third-order valence-corrected chi connectivity index (χ3v) is 8.52. The van der Waals surface area contributed by atoms with Crippen LogP contribution in [-0.4, -0.2) is 28.8 Å². The molecule has 1 aliphatic rings. The number of likely N-dealkylation sites (tertiary alicyclic amines) is 1. The molecule has 0 spiro atoms. The van der Waals surface area contributed by atoms with Gasteiger partial charge >= 0.3 is 0 Å². The fourth-order valence-electron chi connectivity index (χ4n) is 5.19. The van der Waals surface area contributed by atoms with Gasteiger partial charge in [0.15, 0.2) is 0 Å². The molecule has 0 unspecified atom stereocenters. The maximum Gasteiger partial charge on any atom is 0.146 e.